The van der Waals surface area contributed by atoms with Crippen molar-refractivity contribution in [2.45, 2.75) is 12.8 Å². The van der Waals surface area contributed by atoms with Gasteiger partial charge in [-0.2, -0.15) is 0 Å². The lowest BCUT2D eigenvalue weighted by atomic mass is 10.0. The van der Waals surface area contributed by atoms with E-state index in [1.165, 1.54) is 0 Å². The van der Waals surface area contributed by atoms with E-state index in [4.69, 9.17) is 0 Å². The van der Waals surface area contributed by atoms with Gasteiger partial charge >= 0.3 is 0 Å². The zero-order chi connectivity index (χ0) is 23.3. The van der Waals surface area contributed by atoms with Crippen molar-refractivity contribution in [2.24, 2.45) is 9.98 Å². The number of amides is 2. The highest BCUT2D eigenvalue weighted by atomic mass is 16.2. The van der Waals surface area contributed by atoms with E-state index in [1.807, 2.05) is 60.7 Å². The Kier molecular flexibility index (Phi) is 5.90. The molecule has 0 bridgehead atoms. The van der Waals surface area contributed by atoms with E-state index in [-0.39, 0.29) is 11.8 Å². The van der Waals surface area contributed by atoms with E-state index < -0.39 is 0 Å². The van der Waals surface area contributed by atoms with Crippen LogP contribution in [0.1, 0.15) is 24.0 Å². The first kappa shape index (κ1) is 21.2. The monoisotopic (exact) mass is 447 g/mol. The molecule has 0 fully saturated rings. The number of hydrogen-bond acceptors (Lipinski definition) is 5. The molecular formula is C27H21N5O2. The van der Waals surface area contributed by atoms with E-state index in [2.05, 4.69) is 25.6 Å². The molecule has 5 rings (SSSR count). The molecule has 1 aromatic heterocycles. The van der Waals surface area contributed by atoms with Gasteiger partial charge in [0.25, 0.3) is 11.8 Å². The van der Waals surface area contributed by atoms with Crippen LogP contribution in [0.3, 0.4) is 0 Å². The lowest BCUT2D eigenvalue weighted by Gasteiger charge is -2.09. The summed E-state index contributed by atoms with van der Waals surface area (Å²) in [6, 6.07) is 24.6. The van der Waals surface area contributed by atoms with Crippen LogP contribution >= 0.6 is 0 Å². The zero-order valence-electron chi connectivity index (χ0n) is 18.2. The van der Waals surface area contributed by atoms with Crippen molar-refractivity contribution in [1.29, 1.82) is 0 Å². The number of aliphatic imine (C=N–C) groups is 2. The molecule has 2 aliphatic heterocycles. The second-order valence-electron chi connectivity index (χ2n) is 7.86. The lowest BCUT2D eigenvalue weighted by molar-refractivity contribution is -0.113. The van der Waals surface area contributed by atoms with Gasteiger partial charge in [0.15, 0.2) is 0 Å². The number of rotatable bonds is 6. The molecule has 3 aromatic rings. The quantitative estimate of drug-likeness (QED) is 0.582. The van der Waals surface area contributed by atoms with Gasteiger partial charge in [-0.05, 0) is 23.3 Å². The highest BCUT2D eigenvalue weighted by Crippen LogP contribution is 2.21. The number of carbonyl (C=O) groups excluding carboxylic acids is 2. The summed E-state index contributed by atoms with van der Waals surface area (Å²) in [6.07, 6.45) is 4.06. The second kappa shape index (κ2) is 9.46. The van der Waals surface area contributed by atoms with Crippen molar-refractivity contribution in [1.82, 2.24) is 4.98 Å². The summed E-state index contributed by atoms with van der Waals surface area (Å²) in [5, 5.41) is 5.57. The Hall–Kier alpha value is -4.65. The zero-order valence-corrected chi connectivity index (χ0v) is 18.2. The number of nitrogens with zero attached hydrogens (tertiary/aromatic N) is 3. The van der Waals surface area contributed by atoms with E-state index in [9.17, 15) is 9.59 Å². The maximum Gasteiger partial charge on any atom is 0.254 e. The fraction of sp³-hybridized carbons (Fsp3) is 0.0741. The third-order valence-corrected chi connectivity index (χ3v) is 5.50. The van der Waals surface area contributed by atoms with E-state index in [0.717, 1.165) is 22.6 Å². The van der Waals surface area contributed by atoms with Crippen molar-refractivity contribution in [3.8, 4) is 0 Å². The first-order valence-electron chi connectivity index (χ1n) is 10.9. The van der Waals surface area contributed by atoms with Gasteiger partial charge < -0.3 is 10.6 Å². The van der Waals surface area contributed by atoms with Crippen molar-refractivity contribution in [2.75, 3.05) is 10.6 Å². The van der Waals surface area contributed by atoms with Gasteiger partial charge in [0, 0.05) is 36.4 Å². The second-order valence-corrected chi connectivity index (χ2v) is 7.86. The number of carbonyl (C=O) groups is 2. The molecule has 0 aliphatic carbocycles. The molecule has 2 amide bonds. The van der Waals surface area contributed by atoms with Gasteiger partial charge in [-0.3, -0.25) is 19.6 Å². The topological polar surface area (TPSA) is 95.8 Å². The summed E-state index contributed by atoms with van der Waals surface area (Å²) in [6.45, 7) is 0. The summed E-state index contributed by atoms with van der Waals surface area (Å²) in [5.41, 5.74) is 4.78. The maximum absolute atomic E-state index is 12.7. The number of pyridine rings is 1. The summed E-state index contributed by atoms with van der Waals surface area (Å²) in [4.78, 5) is 38.5. The van der Waals surface area contributed by atoms with Crippen LogP contribution in [-0.2, 0) is 9.59 Å². The fourth-order valence-corrected chi connectivity index (χ4v) is 3.71. The number of benzene rings is 2. The van der Waals surface area contributed by atoms with Crippen LogP contribution in [0.2, 0.25) is 0 Å². The van der Waals surface area contributed by atoms with Crippen LogP contribution in [0.25, 0.3) is 0 Å². The average molecular weight is 447 g/mol. The smallest absolute Gasteiger partial charge is 0.254 e. The largest absolute Gasteiger partial charge is 0.307 e. The minimum absolute atomic E-state index is 0.273. The highest BCUT2D eigenvalue weighted by molar-refractivity contribution is 6.14. The van der Waals surface area contributed by atoms with Crippen molar-refractivity contribution in [3.05, 3.63) is 114 Å². The molecule has 7 heteroatoms. The van der Waals surface area contributed by atoms with Gasteiger partial charge in [0.05, 0.1) is 11.4 Å². The molecule has 2 N–H and O–H groups in total. The Labute approximate surface area is 196 Å². The van der Waals surface area contributed by atoms with Crippen molar-refractivity contribution < 1.29 is 9.59 Å². The Morgan fingerprint density at radius 2 is 1.03 bits per heavy atom. The van der Waals surface area contributed by atoms with Gasteiger partial charge in [-0.1, -0.05) is 66.7 Å². The van der Waals surface area contributed by atoms with Crippen molar-refractivity contribution >= 4 is 34.9 Å². The van der Waals surface area contributed by atoms with E-state index in [1.54, 1.807) is 30.6 Å². The third kappa shape index (κ3) is 4.73. The molecule has 34 heavy (non-hydrogen) atoms. The summed E-state index contributed by atoms with van der Waals surface area (Å²) in [5.74, 6) is 0.145. The molecule has 0 atom stereocenters. The maximum atomic E-state index is 12.7. The highest BCUT2D eigenvalue weighted by Gasteiger charge is 2.20. The van der Waals surface area contributed by atoms with Gasteiger partial charge in [0.1, 0.15) is 11.6 Å². The van der Waals surface area contributed by atoms with Crippen LogP contribution in [-0.4, -0.2) is 28.2 Å². The van der Waals surface area contributed by atoms with Gasteiger partial charge in [-0.25, -0.2) is 4.98 Å². The average Bonchev–Trinajstić information content (AvgIpc) is 3.56. The molecule has 0 unspecified atom stereocenters. The molecule has 0 spiro atoms. The SMILES string of the molecule is O=C(Nc1cccc(NC(=O)C2=CN=C(c3ccccc3)C2)n1)C1=CN=C(c2ccccc2)C1. The van der Waals surface area contributed by atoms with Crippen LogP contribution in [0.15, 0.2) is 112 Å². The summed E-state index contributed by atoms with van der Waals surface area (Å²) in [7, 11) is 0. The summed E-state index contributed by atoms with van der Waals surface area (Å²) < 4.78 is 0. The molecule has 0 saturated heterocycles. The lowest BCUT2D eigenvalue weighted by Crippen LogP contribution is -2.18. The van der Waals surface area contributed by atoms with Crippen LogP contribution in [0.4, 0.5) is 11.6 Å². The van der Waals surface area contributed by atoms with Crippen molar-refractivity contribution in [3.63, 3.8) is 0 Å². The molecule has 7 nitrogen and oxygen atoms in total. The standard InChI is InChI=1S/C27H21N5O2/c33-26(20-14-22(28-16-20)18-8-3-1-4-9-18)31-24-12-7-13-25(30-24)32-27(34)21-15-23(29-17-21)19-10-5-2-6-11-19/h1-13,16-17H,14-15H2,(H2,30,31,32,33,34). The Bertz CT molecular complexity index is 1270. The molecular weight excluding hydrogens is 426 g/mol. The Morgan fingerprint density at radius 1 is 0.588 bits per heavy atom. The Morgan fingerprint density at radius 3 is 1.47 bits per heavy atom. The third-order valence-electron chi connectivity index (χ3n) is 5.50. The number of aromatic nitrogens is 1. The summed E-state index contributed by atoms with van der Waals surface area (Å²) >= 11 is 0. The Balaban J connectivity index is 1.17. The fourth-order valence-electron chi connectivity index (χ4n) is 3.71. The van der Waals surface area contributed by atoms with Gasteiger partial charge in [0.2, 0.25) is 0 Å². The van der Waals surface area contributed by atoms with Crippen LogP contribution in [0.5, 0.6) is 0 Å². The van der Waals surface area contributed by atoms with E-state index >= 15 is 0 Å². The van der Waals surface area contributed by atoms with E-state index in [0.29, 0.717) is 35.6 Å². The van der Waals surface area contributed by atoms with Gasteiger partial charge in [-0.15, -0.1) is 0 Å². The first-order chi connectivity index (χ1) is 16.7. The molecule has 0 radical (unpaired) electrons. The number of anilines is 2. The molecule has 2 aromatic carbocycles. The van der Waals surface area contributed by atoms with Crippen LogP contribution in [0, 0.1) is 0 Å². The number of nitrogens with one attached hydrogen (secondary N) is 2. The normalized spacial score (nSPS) is 14.6. The molecule has 166 valence electrons. The minimum Gasteiger partial charge on any atom is -0.307 e. The minimum atomic E-state index is -0.273. The van der Waals surface area contributed by atoms with Crippen LogP contribution < -0.4 is 10.6 Å². The number of hydrogen-bond donors (Lipinski definition) is 2. The first-order valence-corrected chi connectivity index (χ1v) is 10.9. The molecule has 0 saturated carbocycles. The molecule has 2 aliphatic rings. The predicted octanol–water partition coefficient (Wildman–Crippen LogP) is 4.51. The predicted molar refractivity (Wildman–Crippen MR) is 133 cm³/mol. The molecule has 3 heterocycles.